The molecule has 2 nitrogen and oxygen atoms in total. The fraction of sp³-hybridized carbons (Fsp3) is 0.500. The summed E-state index contributed by atoms with van der Waals surface area (Å²) in [5.41, 5.74) is 1.85. The van der Waals surface area contributed by atoms with Crippen molar-refractivity contribution in [3.8, 4) is 6.07 Å². The molecule has 1 rings (SSSR count). The zero-order valence-corrected chi connectivity index (χ0v) is 11.7. The van der Waals surface area contributed by atoms with E-state index < -0.39 is 0 Å². The van der Waals surface area contributed by atoms with Gasteiger partial charge in [0.1, 0.15) is 0 Å². The van der Waals surface area contributed by atoms with Crippen molar-refractivity contribution in [2.75, 3.05) is 25.4 Å². The quantitative estimate of drug-likeness (QED) is 0.723. The number of rotatable bonds is 6. The number of hydrogen-bond donors (Lipinski definition) is 0. The maximum absolute atomic E-state index is 8.86. The van der Waals surface area contributed by atoms with Crippen molar-refractivity contribution in [2.24, 2.45) is 0 Å². The molecule has 0 heterocycles. The number of hydrogen-bond acceptors (Lipinski definition) is 3. The fourth-order valence-corrected chi connectivity index (χ4v) is 2.69. The molecule has 92 valence electrons. The molecule has 0 aliphatic rings. The standard InChI is InChI=1S/C14H20N2S/c1-4-16(5-2)8-9-17-14-7-6-13(11-15)12(3)10-14/h6-7,10H,4-5,8-9H2,1-3H3. The van der Waals surface area contributed by atoms with Crippen LogP contribution in [0, 0.1) is 18.3 Å². The van der Waals surface area contributed by atoms with Crippen LogP contribution in [-0.4, -0.2) is 30.3 Å². The average molecular weight is 248 g/mol. The van der Waals surface area contributed by atoms with Gasteiger partial charge in [0, 0.05) is 17.2 Å². The monoisotopic (exact) mass is 248 g/mol. The summed E-state index contributed by atoms with van der Waals surface area (Å²) in [5.74, 6) is 1.10. The number of nitrogens with zero attached hydrogens (tertiary/aromatic N) is 2. The highest BCUT2D eigenvalue weighted by Gasteiger charge is 2.02. The molecule has 0 fully saturated rings. The van der Waals surface area contributed by atoms with E-state index >= 15 is 0 Å². The van der Waals surface area contributed by atoms with E-state index in [4.69, 9.17) is 5.26 Å². The lowest BCUT2D eigenvalue weighted by Gasteiger charge is -2.17. The summed E-state index contributed by atoms with van der Waals surface area (Å²) in [4.78, 5) is 3.68. The van der Waals surface area contributed by atoms with E-state index in [1.165, 1.54) is 4.90 Å². The van der Waals surface area contributed by atoms with Crippen LogP contribution in [0.3, 0.4) is 0 Å². The number of benzene rings is 1. The minimum absolute atomic E-state index is 0.776. The predicted molar refractivity (Wildman–Crippen MR) is 74.4 cm³/mol. The second kappa shape index (κ2) is 7.37. The van der Waals surface area contributed by atoms with Gasteiger partial charge in [0.05, 0.1) is 11.6 Å². The lowest BCUT2D eigenvalue weighted by molar-refractivity contribution is 0.324. The van der Waals surface area contributed by atoms with Gasteiger partial charge in [-0.05, 0) is 43.8 Å². The first-order chi connectivity index (χ1) is 8.21. The van der Waals surface area contributed by atoms with Crippen molar-refractivity contribution < 1.29 is 0 Å². The Balaban J connectivity index is 2.48. The summed E-state index contributed by atoms with van der Waals surface area (Å²) >= 11 is 1.86. The van der Waals surface area contributed by atoms with E-state index in [9.17, 15) is 0 Å². The van der Waals surface area contributed by atoms with Crippen LogP contribution in [0.15, 0.2) is 23.1 Å². The highest BCUT2D eigenvalue weighted by Crippen LogP contribution is 2.21. The van der Waals surface area contributed by atoms with E-state index in [0.717, 1.165) is 36.5 Å². The summed E-state index contributed by atoms with van der Waals surface area (Å²) in [6.07, 6.45) is 0. The first-order valence-corrected chi connectivity index (χ1v) is 7.05. The summed E-state index contributed by atoms with van der Waals surface area (Å²) in [6, 6.07) is 8.25. The van der Waals surface area contributed by atoms with Crippen LogP contribution in [0.2, 0.25) is 0 Å². The summed E-state index contributed by atoms with van der Waals surface area (Å²) in [6.45, 7) is 9.73. The third-order valence-corrected chi connectivity index (χ3v) is 3.86. The molecule has 0 atom stereocenters. The van der Waals surface area contributed by atoms with Gasteiger partial charge in [-0.15, -0.1) is 11.8 Å². The SMILES string of the molecule is CCN(CC)CCSc1ccc(C#N)c(C)c1. The zero-order valence-electron chi connectivity index (χ0n) is 10.9. The maximum atomic E-state index is 8.86. The number of thioether (sulfide) groups is 1. The topological polar surface area (TPSA) is 27.0 Å². The Morgan fingerprint density at radius 3 is 2.53 bits per heavy atom. The Hall–Kier alpha value is -0.980. The highest BCUT2D eigenvalue weighted by atomic mass is 32.2. The molecule has 0 bridgehead atoms. The zero-order chi connectivity index (χ0) is 12.7. The summed E-state index contributed by atoms with van der Waals surface area (Å²) in [5, 5.41) is 8.86. The van der Waals surface area contributed by atoms with Crippen LogP contribution in [0.5, 0.6) is 0 Å². The van der Waals surface area contributed by atoms with Gasteiger partial charge in [0.15, 0.2) is 0 Å². The number of aryl methyl sites for hydroxylation is 1. The van der Waals surface area contributed by atoms with Gasteiger partial charge in [-0.1, -0.05) is 13.8 Å². The maximum Gasteiger partial charge on any atom is 0.0994 e. The van der Waals surface area contributed by atoms with Crippen molar-refractivity contribution >= 4 is 11.8 Å². The van der Waals surface area contributed by atoms with E-state index in [1.54, 1.807) is 0 Å². The molecule has 0 aromatic heterocycles. The Morgan fingerprint density at radius 2 is 2.00 bits per heavy atom. The summed E-state index contributed by atoms with van der Waals surface area (Å²) < 4.78 is 0. The molecular formula is C14H20N2S. The Bertz CT molecular complexity index is 392. The van der Waals surface area contributed by atoms with Crippen molar-refractivity contribution in [2.45, 2.75) is 25.7 Å². The molecule has 0 radical (unpaired) electrons. The van der Waals surface area contributed by atoms with E-state index in [0.29, 0.717) is 0 Å². The van der Waals surface area contributed by atoms with Gasteiger partial charge >= 0.3 is 0 Å². The Morgan fingerprint density at radius 1 is 1.29 bits per heavy atom. The van der Waals surface area contributed by atoms with Crippen molar-refractivity contribution in [1.29, 1.82) is 5.26 Å². The molecule has 3 heteroatoms. The largest absolute Gasteiger partial charge is 0.303 e. The third kappa shape index (κ3) is 4.41. The lowest BCUT2D eigenvalue weighted by Crippen LogP contribution is -2.25. The van der Waals surface area contributed by atoms with Crippen molar-refractivity contribution in [1.82, 2.24) is 4.90 Å². The molecule has 17 heavy (non-hydrogen) atoms. The highest BCUT2D eigenvalue weighted by molar-refractivity contribution is 7.99. The molecule has 0 N–H and O–H groups in total. The van der Waals surface area contributed by atoms with Gasteiger partial charge in [-0.2, -0.15) is 5.26 Å². The molecule has 1 aromatic rings. The van der Waals surface area contributed by atoms with Crippen LogP contribution in [-0.2, 0) is 0 Å². The van der Waals surface area contributed by atoms with Crippen LogP contribution in [0.4, 0.5) is 0 Å². The van der Waals surface area contributed by atoms with E-state index in [-0.39, 0.29) is 0 Å². The van der Waals surface area contributed by atoms with E-state index in [2.05, 4.69) is 30.9 Å². The number of nitriles is 1. The first kappa shape index (κ1) is 14.1. The van der Waals surface area contributed by atoms with E-state index in [1.807, 2.05) is 30.8 Å². The van der Waals surface area contributed by atoms with Crippen molar-refractivity contribution in [3.63, 3.8) is 0 Å². The molecule has 1 aromatic carbocycles. The predicted octanol–water partition coefficient (Wildman–Crippen LogP) is 3.30. The van der Waals surface area contributed by atoms with Gasteiger partial charge in [0.2, 0.25) is 0 Å². The molecule has 0 spiro atoms. The van der Waals surface area contributed by atoms with Crippen LogP contribution in [0.1, 0.15) is 25.0 Å². The molecule has 0 saturated carbocycles. The second-order valence-corrected chi connectivity index (χ2v) is 5.13. The normalized spacial score (nSPS) is 10.5. The molecule has 0 unspecified atom stereocenters. The van der Waals surface area contributed by atoms with Crippen LogP contribution >= 0.6 is 11.8 Å². The van der Waals surface area contributed by atoms with Gasteiger partial charge in [-0.3, -0.25) is 0 Å². The fourth-order valence-electron chi connectivity index (χ4n) is 1.68. The summed E-state index contributed by atoms with van der Waals surface area (Å²) in [7, 11) is 0. The lowest BCUT2D eigenvalue weighted by atomic mass is 10.1. The van der Waals surface area contributed by atoms with Gasteiger partial charge in [0.25, 0.3) is 0 Å². The van der Waals surface area contributed by atoms with Crippen molar-refractivity contribution in [3.05, 3.63) is 29.3 Å². The minimum atomic E-state index is 0.776. The van der Waals surface area contributed by atoms with Gasteiger partial charge < -0.3 is 4.90 Å². The molecule has 0 amide bonds. The molecular weight excluding hydrogens is 228 g/mol. The average Bonchev–Trinajstić information content (AvgIpc) is 2.35. The Labute approximate surface area is 109 Å². The molecule has 0 aliphatic carbocycles. The molecule has 0 saturated heterocycles. The van der Waals surface area contributed by atoms with Crippen LogP contribution < -0.4 is 0 Å². The Kier molecular flexibility index (Phi) is 6.10. The second-order valence-electron chi connectivity index (χ2n) is 3.96. The molecule has 0 aliphatic heterocycles. The van der Waals surface area contributed by atoms with Crippen LogP contribution in [0.25, 0.3) is 0 Å². The smallest absolute Gasteiger partial charge is 0.0994 e. The van der Waals surface area contributed by atoms with Gasteiger partial charge in [-0.25, -0.2) is 0 Å². The first-order valence-electron chi connectivity index (χ1n) is 6.07. The third-order valence-electron chi connectivity index (χ3n) is 2.89. The minimum Gasteiger partial charge on any atom is -0.303 e.